The van der Waals surface area contributed by atoms with Gasteiger partial charge < -0.3 is 15.3 Å². The minimum Gasteiger partial charge on any atom is -0.477 e. The second kappa shape index (κ2) is 5.87. The van der Waals surface area contributed by atoms with Gasteiger partial charge in [-0.05, 0) is 28.1 Å². The topological polar surface area (TPSA) is 131 Å². The van der Waals surface area contributed by atoms with Gasteiger partial charge in [-0.3, -0.25) is 14.9 Å². The Hall–Kier alpha value is -2.49. The molecule has 1 amide bonds. The van der Waals surface area contributed by atoms with Gasteiger partial charge in [-0.1, -0.05) is 5.16 Å². The minimum absolute atomic E-state index is 0.167. The van der Waals surface area contributed by atoms with Crippen molar-refractivity contribution < 1.29 is 24.5 Å². The van der Waals surface area contributed by atoms with Gasteiger partial charge in [0.05, 0.1) is 9.40 Å². The molecule has 110 valence electrons. The van der Waals surface area contributed by atoms with E-state index in [1.807, 2.05) is 0 Å². The molecule has 1 aliphatic heterocycles. The van der Waals surface area contributed by atoms with E-state index in [1.54, 1.807) is 0 Å². The summed E-state index contributed by atoms with van der Waals surface area (Å²) in [5.74, 6) is -1.89. The molecule has 0 bridgehead atoms. The summed E-state index contributed by atoms with van der Waals surface area (Å²) in [7, 11) is 0. The van der Waals surface area contributed by atoms with Crippen LogP contribution in [-0.2, 0) is 14.4 Å². The van der Waals surface area contributed by atoms with Gasteiger partial charge in [-0.2, -0.15) is 0 Å². The highest BCUT2D eigenvalue weighted by molar-refractivity contribution is 9.10. The molecule has 1 heterocycles. The molecular formula is C11H8BrN3O6. The van der Waals surface area contributed by atoms with Crippen LogP contribution in [0.2, 0.25) is 0 Å². The molecule has 1 atom stereocenters. The van der Waals surface area contributed by atoms with E-state index in [9.17, 15) is 19.7 Å². The van der Waals surface area contributed by atoms with Crippen LogP contribution in [0.3, 0.4) is 0 Å². The number of nitrogens with one attached hydrogen (secondary N) is 1. The molecule has 2 N–H and O–H groups in total. The third-order valence-electron chi connectivity index (χ3n) is 2.62. The van der Waals surface area contributed by atoms with Crippen molar-refractivity contribution in [3.8, 4) is 0 Å². The van der Waals surface area contributed by atoms with Crippen molar-refractivity contribution >= 4 is 44.9 Å². The summed E-state index contributed by atoms with van der Waals surface area (Å²) >= 11 is 3.02. The Morgan fingerprint density at radius 1 is 1.52 bits per heavy atom. The number of hydrogen-bond acceptors (Lipinski definition) is 6. The number of halogens is 1. The summed E-state index contributed by atoms with van der Waals surface area (Å²) in [6.07, 6.45) is -1.24. The monoisotopic (exact) mass is 357 g/mol. The molecule has 1 aliphatic rings. The first kappa shape index (κ1) is 14.9. The van der Waals surface area contributed by atoms with Gasteiger partial charge in [0.15, 0.2) is 5.71 Å². The van der Waals surface area contributed by atoms with Crippen molar-refractivity contribution in [1.82, 2.24) is 0 Å². The molecule has 0 saturated heterocycles. The zero-order valence-electron chi connectivity index (χ0n) is 10.3. The quantitative estimate of drug-likeness (QED) is 0.620. The lowest BCUT2D eigenvalue weighted by atomic mass is 10.1. The Labute approximate surface area is 125 Å². The van der Waals surface area contributed by atoms with E-state index in [1.165, 1.54) is 18.2 Å². The number of nitro benzene ring substituents is 1. The maximum atomic E-state index is 11.9. The predicted octanol–water partition coefficient (Wildman–Crippen LogP) is 1.53. The van der Waals surface area contributed by atoms with Crippen LogP contribution in [0.15, 0.2) is 27.8 Å². The second-order valence-electron chi connectivity index (χ2n) is 4.05. The highest BCUT2D eigenvalue weighted by atomic mass is 79.9. The van der Waals surface area contributed by atoms with Crippen LogP contribution in [0.1, 0.15) is 6.42 Å². The largest absolute Gasteiger partial charge is 0.477 e. The van der Waals surface area contributed by atoms with E-state index in [2.05, 4.69) is 26.4 Å². The summed E-state index contributed by atoms with van der Waals surface area (Å²) in [5.41, 5.74) is -0.262. The Bertz CT molecular complexity index is 659. The number of rotatable bonds is 4. The van der Waals surface area contributed by atoms with Gasteiger partial charge in [0.25, 0.3) is 11.6 Å². The molecule has 1 aromatic rings. The predicted molar refractivity (Wildman–Crippen MR) is 74.0 cm³/mol. The van der Waals surface area contributed by atoms with Crippen molar-refractivity contribution in [2.45, 2.75) is 12.5 Å². The molecule has 0 aliphatic carbocycles. The molecule has 10 heteroatoms. The molecule has 0 spiro atoms. The summed E-state index contributed by atoms with van der Waals surface area (Å²) in [5, 5.41) is 25.2. The number of amides is 1. The number of anilines is 1. The average molecular weight is 358 g/mol. The molecule has 1 unspecified atom stereocenters. The van der Waals surface area contributed by atoms with Crippen molar-refractivity contribution in [2.24, 2.45) is 5.16 Å². The SMILES string of the molecule is O=C(O)C1=NOC(C(=O)Nc2ccc(Br)c([N+](=O)[O-])c2)C1. The van der Waals surface area contributed by atoms with Crippen LogP contribution in [0, 0.1) is 10.1 Å². The second-order valence-corrected chi connectivity index (χ2v) is 4.91. The van der Waals surface area contributed by atoms with E-state index in [4.69, 9.17) is 9.94 Å². The lowest BCUT2D eigenvalue weighted by molar-refractivity contribution is -0.385. The zero-order valence-corrected chi connectivity index (χ0v) is 11.9. The molecule has 0 saturated carbocycles. The number of oxime groups is 1. The molecule has 21 heavy (non-hydrogen) atoms. The van der Waals surface area contributed by atoms with E-state index in [0.717, 1.165) is 0 Å². The fraction of sp³-hybridized carbons (Fsp3) is 0.182. The molecule has 0 aromatic heterocycles. The van der Waals surface area contributed by atoms with Crippen LogP contribution in [0.5, 0.6) is 0 Å². The molecule has 1 aromatic carbocycles. The number of nitro groups is 1. The Morgan fingerprint density at radius 3 is 2.81 bits per heavy atom. The van der Waals surface area contributed by atoms with Crippen molar-refractivity contribution in [3.05, 3.63) is 32.8 Å². The molecule has 2 rings (SSSR count). The Morgan fingerprint density at radius 2 is 2.24 bits per heavy atom. The van der Waals surface area contributed by atoms with Crippen LogP contribution in [0.4, 0.5) is 11.4 Å². The third kappa shape index (κ3) is 3.34. The van der Waals surface area contributed by atoms with Crippen LogP contribution < -0.4 is 5.32 Å². The molecule has 0 fully saturated rings. The van der Waals surface area contributed by atoms with Gasteiger partial charge in [0.1, 0.15) is 0 Å². The fourth-order valence-corrected chi connectivity index (χ4v) is 1.99. The van der Waals surface area contributed by atoms with Gasteiger partial charge in [0.2, 0.25) is 6.10 Å². The maximum Gasteiger partial charge on any atom is 0.353 e. The molecular weight excluding hydrogens is 350 g/mol. The zero-order chi connectivity index (χ0) is 15.6. The van der Waals surface area contributed by atoms with Crippen molar-refractivity contribution in [3.63, 3.8) is 0 Å². The van der Waals surface area contributed by atoms with Gasteiger partial charge in [-0.25, -0.2) is 4.79 Å². The number of nitrogens with zero attached hydrogens (tertiary/aromatic N) is 2. The van der Waals surface area contributed by atoms with E-state index < -0.39 is 22.9 Å². The number of benzene rings is 1. The van der Waals surface area contributed by atoms with Crippen LogP contribution >= 0.6 is 15.9 Å². The van der Waals surface area contributed by atoms with Crippen LogP contribution in [-0.4, -0.2) is 33.7 Å². The van der Waals surface area contributed by atoms with Crippen LogP contribution in [0.25, 0.3) is 0 Å². The lowest BCUT2D eigenvalue weighted by Crippen LogP contribution is -2.28. The van der Waals surface area contributed by atoms with E-state index in [-0.39, 0.29) is 28.0 Å². The number of carboxylic acid groups (broad SMARTS) is 1. The fourth-order valence-electron chi connectivity index (χ4n) is 1.60. The average Bonchev–Trinajstić information content (AvgIpc) is 2.90. The molecule has 0 radical (unpaired) electrons. The van der Waals surface area contributed by atoms with E-state index >= 15 is 0 Å². The van der Waals surface area contributed by atoms with Crippen molar-refractivity contribution in [2.75, 3.05) is 5.32 Å². The number of carbonyl (C=O) groups is 2. The maximum absolute atomic E-state index is 11.9. The highest BCUT2D eigenvalue weighted by Crippen LogP contribution is 2.28. The van der Waals surface area contributed by atoms with Gasteiger partial charge >= 0.3 is 5.97 Å². The first-order valence-electron chi connectivity index (χ1n) is 5.59. The number of carboxylic acids is 1. The Kier molecular flexibility index (Phi) is 4.17. The minimum atomic E-state index is -1.26. The highest BCUT2D eigenvalue weighted by Gasteiger charge is 2.31. The summed E-state index contributed by atoms with van der Waals surface area (Å²) in [4.78, 5) is 37.4. The third-order valence-corrected chi connectivity index (χ3v) is 3.29. The smallest absolute Gasteiger partial charge is 0.353 e. The van der Waals surface area contributed by atoms with Gasteiger partial charge in [-0.15, -0.1) is 0 Å². The van der Waals surface area contributed by atoms with Gasteiger partial charge in [0, 0.05) is 18.2 Å². The van der Waals surface area contributed by atoms with Crippen molar-refractivity contribution in [1.29, 1.82) is 0 Å². The van der Waals surface area contributed by atoms with E-state index in [0.29, 0.717) is 0 Å². The summed E-state index contributed by atoms with van der Waals surface area (Å²) in [6.45, 7) is 0. The summed E-state index contributed by atoms with van der Waals surface area (Å²) < 4.78 is 0.277. The summed E-state index contributed by atoms with van der Waals surface area (Å²) in [6, 6.07) is 4.06. The normalized spacial score (nSPS) is 16.8. The Balaban J connectivity index is 2.06. The number of carbonyl (C=O) groups excluding carboxylic acids is 1. The standard InChI is InChI=1S/C11H8BrN3O6/c12-6-2-1-5(3-8(6)15(19)20)13-10(16)9-4-7(11(17)18)14-21-9/h1-3,9H,4H2,(H,13,16)(H,17,18). The first-order chi connectivity index (χ1) is 9.88. The first-order valence-corrected chi connectivity index (χ1v) is 6.38. The lowest BCUT2D eigenvalue weighted by Gasteiger charge is -2.09. The number of hydrogen-bond donors (Lipinski definition) is 2. The molecule has 9 nitrogen and oxygen atoms in total. The number of aliphatic carboxylic acids is 1.